The second-order valence-corrected chi connectivity index (χ2v) is 7.80. The molecule has 0 spiro atoms. The van der Waals surface area contributed by atoms with E-state index in [9.17, 15) is 4.79 Å². The lowest BCUT2D eigenvalue weighted by molar-refractivity contribution is 0.0685. The highest BCUT2D eigenvalue weighted by Crippen LogP contribution is 2.23. The minimum Gasteiger partial charge on any atom is -0.338 e. The number of rotatable bonds is 4. The predicted octanol–water partition coefficient (Wildman–Crippen LogP) is 4.22. The fraction of sp³-hybridized carbons (Fsp3) is 0.333. The van der Waals surface area contributed by atoms with Gasteiger partial charge in [-0.25, -0.2) is 4.98 Å². The molecule has 2 aromatic heterocycles. The number of fused-ring (bicyclic) bond motifs is 1. The van der Waals surface area contributed by atoms with Gasteiger partial charge < -0.3 is 9.30 Å². The Hall–Kier alpha value is -2.27. The molecule has 5 heteroatoms. The first-order valence-corrected chi connectivity index (χ1v) is 10.5. The molecule has 0 saturated carbocycles. The van der Waals surface area contributed by atoms with E-state index in [1.54, 1.807) is 0 Å². The normalized spacial score (nSPS) is 17.6. The molecular weight excluding hydrogens is 342 g/mol. The van der Waals surface area contributed by atoms with Gasteiger partial charge in [0, 0.05) is 31.0 Å². The van der Waals surface area contributed by atoms with E-state index < -0.39 is 0 Å². The van der Waals surface area contributed by atoms with Crippen LogP contribution in [-0.2, 0) is 0 Å². The first kappa shape index (κ1) is 17.2. The third kappa shape index (κ3) is 3.49. The third-order valence-electron chi connectivity index (χ3n) is 4.98. The van der Waals surface area contributed by atoms with Crippen molar-refractivity contribution in [1.29, 1.82) is 0 Å². The molecule has 0 aliphatic carbocycles. The standard InChI is InChI=1S/C21H23N3OS/c1-26-15-16-6-5-11-23(12-16)21(25)18-9-10-20-22-19(14-24(20)13-18)17-7-3-2-4-8-17/h2-4,7-10,13-14,16H,5-6,11-12,15H2,1H3/t16-/m1/s1. The number of thioether (sulfide) groups is 1. The van der Waals surface area contributed by atoms with E-state index in [1.165, 1.54) is 6.42 Å². The lowest BCUT2D eigenvalue weighted by atomic mass is 9.99. The fourth-order valence-electron chi connectivity index (χ4n) is 3.67. The molecule has 4 nitrogen and oxygen atoms in total. The quantitative estimate of drug-likeness (QED) is 0.695. The second kappa shape index (κ2) is 7.54. The van der Waals surface area contributed by atoms with Gasteiger partial charge in [-0.05, 0) is 42.9 Å². The van der Waals surface area contributed by atoms with Crippen molar-refractivity contribution in [3.63, 3.8) is 0 Å². The molecule has 3 aromatic rings. The number of hydrogen-bond donors (Lipinski definition) is 0. The SMILES string of the molecule is CSC[C@@H]1CCCN(C(=O)c2ccc3nc(-c4ccccc4)cn3c2)C1. The lowest BCUT2D eigenvalue weighted by Gasteiger charge is -2.32. The number of benzene rings is 1. The lowest BCUT2D eigenvalue weighted by Crippen LogP contribution is -2.40. The number of pyridine rings is 1. The van der Waals surface area contributed by atoms with Gasteiger partial charge in [-0.2, -0.15) is 11.8 Å². The summed E-state index contributed by atoms with van der Waals surface area (Å²) in [5.41, 5.74) is 3.60. The van der Waals surface area contributed by atoms with Crippen LogP contribution in [0.3, 0.4) is 0 Å². The Labute approximate surface area is 158 Å². The highest BCUT2D eigenvalue weighted by molar-refractivity contribution is 7.98. The molecule has 0 unspecified atom stereocenters. The van der Waals surface area contributed by atoms with E-state index in [2.05, 4.69) is 11.2 Å². The monoisotopic (exact) mass is 365 g/mol. The number of imidazole rings is 1. The minimum absolute atomic E-state index is 0.132. The topological polar surface area (TPSA) is 37.6 Å². The smallest absolute Gasteiger partial charge is 0.255 e. The Bertz CT molecular complexity index is 904. The van der Waals surface area contributed by atoms with Crippen molar-refractivity contribution >= 4 is 23.3 Å². The molecule has 3 heterocycles. The first-order valence-electron chi connectivity index (χ1n) is 9.07. The summed E-state index contributed by atoms with van der Waals surface area (Å²) in [6, 6.07) is 14.0. The Morgan fingerprint density at radius 1 is 1.19 bits per heavy atom. The average Bonchev–Trinajstić information content (AvgIpc) is 3.12. The summed E-state index contributed by atoms with van der Waals surface area (Å²) in [6.45, 7) is 1.73. The molecular formula is C21H23N3OS. The maximum absolute atomic E-state index is 13.0. The summed E-state index contributed by atoms with van der Waals surface area (Å²) in [5, 5.41) is 0. The Morgan fingerprint density at radius 3 is 2.85 bits per heavy atom. The van der Waals surface area contributed by atoms with Crippen molar-refractivity contribution < 1.29 is 4.79 Å². The van der Waals surface area contributed by atoms with Crippen LogP contribution in [0, 0.1) is 5.92 Å². The Kier molecular flexibility index (Phi) is 4.98. The molecule has 0 radical (unpaired) electrons. The maximum atomic E-state index is 13.0. The summed E-state index contributed by atoms with van der Waals surface area (Å²) in [6.07, 6.45) is 8.37. The number of aromatic nitrogens is 2. The summed E-state index contributed by atoms with van der Waals surface area (Å²) in [7, 11) is 0. The largest absolute Gasteiger partial charge is 0.338 e. The summed E-state index contributed by atoms with van der Waals surface area (Å²) < 4.78 is 1.96. The summed E-state index contributed by atoms with van der Waals surface area (Å²) in [5.74, 6) is 1.88. The van der Waals surface area contributed by atoms with E-state index in [0.29, 0.717) is 5.92 Å². The summed E-state index contributed by atoms with van der Waals surface area (Å²) in [4.78, 5) is 19.6. The highest BCUT2D eigenvalue weighted by atomic mass is 32.2. The summed E-state index contributed by atoms with van der Waals surface area (Å²) >= 11 is 1.87. The van der Waals surface area contributed by atoms with Gasteiger partial charge in [-0.15, -0.1) is 0 Å². The zero-order valence-electron chi connectivity index (χ0n) is 15.0. The van der Waals surface area contributed by atoms with Crippen LogP contribution in [0.2, 0.25) is 0 Å². The molecule has 1 atom stereocenters. The van der Waals surface area contributed by atoms with Crippen molar-refractivity contribution in [3.05, 3.63) is 60.4 Å². The predicted molar refractivity (Wildman–Crippen MR) is 108 cm³/mol. The Morgan fingerprint density at radius 2 is 2.04 bits per heavy atom. The number of nitrogens with zero attached hydrogens (tertiary/aromatic N) is 3. The highest BCUT2D eigenvalue weighted by Gasteiger charge is 2.24. The first-order chi connectivity index (χ1) is 12.7. The van der Waals surface area contributed by atoms with Gasteiger partial charge in [0.1, 0.15) is 5.65 Å². The molecule has 1 amide bonds. The van der Waals surface area contributed by atoms with Crippen LogP contribution in [0.5, 0.6) is 0 Å². The molecule has 1 saturated heterocycles. The fourth-order valence-corrected chi connectivity index (χ4v) is 4.41. The number of hydrogen-bond acceptors (Lipinski definition) is 3. The zero-order valence-corrected chi connectivity index (χ0v) is 15.8. The van der Waals surface area contributed by atoms with Crippen molar-refractivity contribution in [3.8, 4) is 11.3 Å². The Balaban J connectivity index is 1.58. The minimum atomic E-state index is 0.132. The third-order valence-corrected chi connectivity index (χ3v) is 5.78. The van der Waals surface area contributed by atoms with E-state index >= 15 is 0 Å². The van der Waals surface area contributed by atoms with Crippen molar-refractivity contribution in [2.45, 2.75) is 12.8 Å². The number of amides is 1. The van der Waals surface area contributed by atoms with E-state index in [0.717, 1.165) is 47.7 Å². The van der Waals surface area contributed by atoms with Gasteiger partial charge in [0.15, 0.2) is 0 Å². The van der Waals surface area contributed by atoms with Gasteiger partial charge in [0.2, 0.25) is 0 Å². The van der Waals surface area contributed by atoms with Crippen LogP contribution >= 0.6 is 11.8 Å². The van der Waals surface area contributed by atoms with E-state index in [1.807, 2.05) is 75.9 Å². The van der Waals surface area contributed by atoms with Crippen LogP contribution < -0.4 is 0 Å². The van der Waals surface area contributed by atoms with Crippen LogP contribution in [0.1, 0.15) is 23.2 Å². The maximum Gasteiger partial charge on any atom is 0.255 e. The van der Waals surface area contributed by atoms with Gasteiger partial charge in [-0.3, -0.25) is 4.79 Å². The second-order valence-electron chi connectivity index (χ2n) is 6.89. The van der Waals surface area contributed by atoms with E-state index in [4.69, 9.17) is 0 Å². The molecule has 4 rings (SSSR count). The van der Waals surface area contributed by atoms with Crippen LogP contribution in [-0.4, -0.2) is 45.3 Å². The van der Waals surface area contributed by atoms with Crippen LogP contribution in [0.4, 0.5) is 0 Å². The average molecular weight is 366 g/mol. The van der Waals surface area contributed by atoms with Crippen LogP contribution in [0.15, 0.2) is 54.9 Å². The molecule has 1 aromatic carbocycles. The zero-order chi connectivity index (χ0) is 17.9. The molecule has 0 N–H and O–H groups in total. The van der Waals surface area contributed by atoms with Crippen LogP contribution in [0.25, 0.3) is 16.9 Å². The molecule has 26 heavy (non-hydrogen) atoms. The van der Waals surface area contributed by atoms with Gasteiger partial charge >= 0.3 is 0 Å². The van der Waals surface area contributed by atoms with Crippen molar-refractivity contribution in [2.24, 2.45) is 5.92 Å². The molecule has 1 fully saturated rings. The number of carbonyl (C=O) groups excluding carboxylic acids is 1. The number of carbonyl (C=O) groups is 1. The number of piperidine rings is 1. The van der Waals surface area contributed by atoms with Gasteiger partial charge in [-0.1, -0.05) is 30.3 Å². The van der Waals surface area contributed by atoms with E-state index in [-0.39, 0.29) is 5.91 Å². The molecule has 134 valence electrons. The van der Waals surface area contributed by atoms with Crippen molar-refractivity contribution in [2.75, 3.05) is 25.1 Å². The van der Waals surface area contributed by atoms with Gasteiger partial charge in [0.05, 0.1) is 11.3 Å². The molecule has 1 aliphatic heterocycles. The molecule has 0 bridgehead atoms. The van der Waals surface area contributed by atoms with Gasteiger partial charge in [0.25, 0.3) is 5.91 Å². The van der Waals surface area contributed by atoms with Crippen molar-refractivity contribution in [1.82, 2.24) is 14.3 Å². The molecule has 1 aliphatic rings. The number of likely N-dealkylation sites (tertiary alicyclic amines) is 1.